The minimum Gasteiger partial charge on any atom is -0.486 e. The van der Waals surface area contributed by atoms with Crippen LogP contribution in [0.3, 0.4) is 0 Å². The molecule has 0 saturated carbocycles. The lowest BCUT2D eigenvalue weighted by atomic mass is 10.1. The van der Waals surface area contributed by atoms with E-state index < -0.39 is 15.8 Å². The highest BCUT2D eigenvalue weighted by atomic mass is 32.2. The van der Waals surface area contributed by atoms with E-state index in [1.807, 2.05) is 0 Å². The Kier molecular flexibility index (Phi) is 5.01. The van der Waals surface area contributed by atoms with Crippen molar-refractivity contribution in [2.45, 2.75) is 11.3 Å². The molecule has 1 N–H and O–H groups in total. The normalized spacial score (nSPS) is 18.2. The molecule has 1 atom stereocenters. The quantitative estimate of drug-likeness (QED) is 0.619. The zero-order chi connectivity index (χ0) is 22.5. The van der Waals surface area contributed by atoms with Gasteiger partial charge in [-0.25, -0.2) is 13.4 Å². The van der Waals surface area contributed by atoms with E-state index in [9.17, 15) is 18.0 Å². The molecule has 0 unspecified atom stereocenters. The van der Waals surface area contributed by atoms with Crippen molar-refractivity contribution in [1.29, 1.82) is 0 Å². The van der Waals surface area contributed by atoms with Crippen LogP contribution in [0.5, 0.6) is 11.5 Å². The zero-order valence-electron chi connectivity index (χ0n) is 17.0. The molecule has 2 aliphatic rings. The van der Waals surface area contributed by atoms with Crippen molar-refractivity contribution in [3.63, 3.8) is 0 Å². The van der Waals surface area contributed by atoms with Crippen LogP contribution in [0.15, 0.2) is 41.3 Å². The molecule has 1 aromatic heterocycles. The first-order chi connectivity index (χ1) is 15.3. The Labute approximate surface area is 187 Å². The monoisotopic (exact) mass is 473 g/mol. The molecule has 0 aliphatic carbocycles. The maximum absolute atomic E-state index is 12.8. The predicted molar refractivity (Wildman–Crippen MR) is 119 cm³/mol. The lowest BCUT2D eigenvalue weighted by Crippen LogP contribution is -2.28. The number of nitrogens with one attached hydrogen (secondary N) is 1. The first-order valence-corrected chi connectivity index (χ1v) is 12.6. The number of aromatic nitrogens is 1. The number of carbonyl (C=O) groups is 2. The van der Waals surface area contributed by atoms with Gasteiger partial charge >= 0.3 is 0 Å². The summed E-state index contributed by atoms with van der Waals surface area (Å²) in [6, 6.07) is 9.93. The molecule has 2 amide bonds. The number of carbonyl (C=O) groups excluding carboxylic acids is 2. The SMILES string of the molecule is CS(=O)(=O)c1ccc2nc(NC(=O)[C@@H]3CC(=O)N(c4ccc5c(c4)OCCO5)C3)sc2c1. The largest absolute Gasteiger partial charge is 0.486 e. The van der Waals surface area contributed by atoms with Crippen LogP contribution in [0.2, 0.25) is 0 Å². The molecule has 32 heavy (non-hydrogen) atoms. The topological polar surface area (TPSA) is 115 Å². The molecule has 5 rings (SSSR count). The van der Waals surface area contributed by atoms with E-state index in [0.717, 1.165) is 6.26 Å². The second kappa shape index (κ2) is 7.75. The van der Waals surface area contributed by atoms with Crippen molar-refractivity contribution in [3.05, 3.63) is 36.4 Å². The highest BCUT2D eigenvalue weighted by molar-refractivity contribution is 7.90. The Balaban J connectivity index is 1.31. The summed E-state index contributed by atoms with van der Waals surface area (Å²) in [5.41, 5.74) is 1.25. The van der Waals surface area contributed by atoms with Crippen molar-refractivity contribution < 1.29 is 27.5 Å². The first kappa shape index (κ1) is 20.7. The van der Waals surface area contributed by atoms with Gasteiger partial charge in [0.1, 0.15) is 13.2 Å². The van der Waals surface area contributed by atoms with Crippen LogP contribution in [0, 0.1) is 5.92 Å². The number of sulfone groups is 1. The summed E-state index contributed by atoms with van der Waals surface area (Å²) < 4.78 is 35.3. The highest BCUT2D eigenvalue weighted by Crippen LogP contribution is 2.36. The highest BCUT2D eigenvalue weighted by Gasteiger charge is 2.36. The lowest BCUT2D eigenvalue weighted by molar-refractivity contribution is -0.122. The molecule has 11 heteroatoms. The zero-order valence-corrected chi connectivity index (χ0v) is 18.7. The lowest BCUT2D eigenvalue weighted by Gasteiger charge is -2.22. The molecule has 3 heterocycles. The predicted octanol–water partition coefficient (Wildman–Crippen LogP) is 2.46. The fourth-order valence-electron chi connectivity index (χ4n) is 3.73. The number of anilines is 2. The van der Waals surface area contributed by atoms with Gasteiger partial charge in [0, 0.05) is 31.0 Å². The van der Waals surface area contributed by atoms with E-state index in [1.165, 1.54) is 17.4 Å². The van der Waals surface area contributed by atoms with Gasteiger partial charge in [-0.15, -0.1) is 0 Å². The van der Waals surface area contributed by atoms with Gasteiger partial charge in [0.25, 0.3) is 0 Å². The number of nitrogens with zero attached hydrogens (tertiary/aromatic N) is 2. The van der Waals surface area contributed by atoms with Gasteiger partial charge in [0.2, 0.25) is 11.8 Å². The maximum atomic E-state index is 12.8. The maximum Gasteiger partial charge on any atom is 0.231 e. The Morgan fingerprint density at radius 3 is 2.72 bits per heavy atom. The van der Waals surface area contributed by atoms with Gasteiger partial charge in [-0.3, -0.25) is 9.59 Å². The van der Waals surface area contributed by atoms with Crippen molar-refractivity contribution in [2.24, 2.45) is 5.92 Å². The van der Waals surface area contributed by atoms with Crippen LogP contribution in [0.4, 0.5) is 10.8 Å². The van der Waals surface area contributed by atoms with Gasteiger partial charge in [-0.2, -0.15) is 0 Å². The number of ether oxygens (including phenoxy) is 2. The Hall–Kier alpha value is -3.18. The number of hydrogen-bond donors (Lipinski definition) is 1. The van der Waals surface area contributed by atoms with E-state index in [-0.39, 0.29) is 29.7 Å². The Morgan fingerprint density at radius 2 is 1.94 bits per heavy atom. The third-order valence-electron chi connectivity index (χ3n) is 5.35. The van der Waals surface area contributed by atoms with Gasteiger partial charge in [0.05, 0.1) is 21.0 Å². The average molecular weight is 474 g/mol. The number of rotatable bonds is 4. The number of fused-ring (bicyclic) bond motifs is 2. The molecule has 2 aromatic carbocycles. The third kappa shape index (κ3) is 3.89. The molecule has 0 spiro atoms. The fraction of sp³-hybridized carbons (Fsp3) is 0.286. The molecule has 1 fully saturated rings. The van der Waals surface area contributed by atoms with E-state index in [1.54, 1.807) is 35.2 Å². The molecular formula is C21H19N3O6S2. The second-order valence-corrected chi connectivity index (χ2v) is 10.7. The third-order valence-corrected chi connectivity index (χ3v) is 7.40. The molecular weight excluding hydrogens is 454 g/mol. The molecule has 166 valence electrons. The van der Waals surface area contributed by atoms with Crippen LogP contribution in [-0.2, 0) is 19.4 Å². The van der Waals surface area contributed by atoms with Gasteiger partial charge in [0.15, 0.2) is 26.5 Å². The summed E-state index contributed by atoms with van der Waals surface area (Å²) in [5.74, 6) is 0.229. The smallest absolute Gasteiger partial charge is 0.231 e. The van der Waals surface area contributed by atoms with Gasteiger partial charge in [-0.1, -0.05) is 11.3 Å². The molecule has 0 radical (unpaired) electrons. The van der Waals surface area contributed by atoms with Crippen molar-refractivity contribution in [2.75, 3.05) is 36.2 Å². The van der Waals surface area contributed by atoms with Crippen molar-refractivity contribution in [1.82, 2.24) is 4.98 Å². The molecule has 9 nitrogen and oxygen atoms in total. The Morgan fingerprint density at radius 1 is 1.16 bits per heavy atom. The summed E-state index contributed by atoms with van der Waals surface area (Å²) in [7, 11) is -3.33. The molecule has 2 aliphatic heterocycles. The number of benzene rings is 2. The summed E-state index contributed by atoms with van der Waals surface area (Å²) in [6.07, 6.45) is 1.23. The van der Waals surface area contributed by atoms with E-state index in [0.29, 0.717) is 45.7 Å². The molecule has 0 bridgehead atoms. The van der Waals surface area contributed by atoms with Crippen LogP contribution in [0.25, 0.3) is 10.2 Å². The van der Waals surface area contributed by atoms with Crippen molar-refractivity contribution in [3.8, 4) is 11.5 Å². The van der Waals surface area contributed by atoms with Crippen LogP contribution >= 0.6 is 11.3 Å². The molecule has 3 aromatic rings. The summed E-state index contributed by atoms with van der Waals surface area (Å²) in [6.45, 7) is 1.18. The minimum absolute atomic E-state index is 0.0867. The van der Waals surface area contributed by atoms with Crippen LogP contribution < -0.4 is 19.7 Å². The van der Waals surface area contributed by atoms with Gasteiger partial charge in [-0.05, 0) is 30.3 Å². The number of hydrogen-bond acceptors (Lipinski definition) is 8. The molecule has 1 saturated heterocycles. The van der Waals surface area contributed by atoms with Gasteiger partial charge < -0.3 is 19.7 Å². The summed E-state index contributed by atoms with van der Waals surface area (Å²) in [5, 5.41) is 3.13. The van der Waals surface area contributed by atoms with Crippen LogP contribution in [0.1, 0.15) is 6.42 Å². The fourth-order valence-corrected chi connectivity index (χ4v) is 5.36. The van der Waals surface area contributed by atoms with Crippen molar-refractivity contribution >= 4 is 54.0 Å². The Bertz CT molecular complexity index is 1350. The number of amides is 2. The second-order valence-electron chi connectivity index (χ2n) is 7.64. The van der Waals surface area contributed by atoms with E-state index in [4.69, 9.17) is 9.47 Å². The first-order valence-electron chi connectivity index (χ1n) is 9.89. The summed E-state index contributed by atoms with van der Waals surface area (Å²) in [4.78, 5) is 31.5. The standard InChI is InChI=1S/C21H19N3O6S2/c1-32(27,28)14-3-4-15-18(10-14)31-21(22-15)23-20(26)12-8-19(25)24(11-12)13-2-5-16-17(9-13)30-7-6-29-16/h2-5,9-10,12H,6-8,11H2,1H3,(H,22,23,26)/t12-/m1/s1. The van der Waals surface area contributed by atoms with E-state index in [2.05, 4.69) is 10.3 Å². The average Bonchev–Trinajstić information content (AvgIpc) is 3.35. The van der Waals surface area contributed by atoms with Crippen LogP contribution in [-0.4, -0.2) is 51.2 Å². The number of thiazole rings is 1. The van der Waals surface area contributed by atoms with E-state index >= 15 is 0 Å². The minimum atomic E-state index is -3.33. The summed E-state index contributed by atoms with van der Waals surface area (Å²) >= 11 is 1.19.